The fourth-order valence-corrected chi connectivity index (χ4v) is 2.29. The van der Waals surface area contributed by atoms with E-state index >= 15 is 0 Å². The van der Waals surface area contributed by atoms with E-state index in [0.717, 1.165) is 12.8 Å². The van der Waals surface area contributed by atoms with Crippen molar-refractivity contribution in [2.24, 2.45) is 11.7 Å². The summed E-state index contributed by atoms with van der Waals surface area (Å²) < 4.78 is 22.2. The van der Waals surface area contributed by atoms with Gasteiger partial charge in [-0.2, -0.15) is 0 Å². The highest BCUT2D eigenvalue weighted by molar-refractivity contribution is 7.92. The summed E-state index contributed by atoms with van der Waals surface area (Å²) >= 11 is 0. The molecule has 0 saturated carbocycles. The van der Waals surface area contributed by atoms with Gasteiger partial charge in [-0.3, -0.25) is 0 Å². The summed E-state index contributed by atoms with van der Waals surface area (Å²) in [6.07, 6.45) is 3.26. The van der Waals surface area contributed by atoms with E-state index in [1.54, 1.807) is 13.8 Å². The minimum Gasteiger partial charge on any atom is -0.326 e. The molecule has 0 spiro atoms. The van der Waals surface area contributed by atoms with Crippen LogP contribution in [0, 0.1) is 5.92 Å². The molecule has 3 nitrogen and oxygen atoms in total. The zero-order chi connectivity index (χ0) is 11.6. The van der Waals surface area contributed by atoms with Crippen LogP contribution in [0.25, 0.3) is 0 Å². The summed E-state index contributed by atoms with van der Waals surface area (Å²) in [4.78, 5) is 0. The third-order valence-corrected chi connectivity index (χ3v) is 5.30. The highest BCUT2D eigenvalue weighted by Crippen LogP contribution is 2.25. The maximum atomic E-state index is 11.5. The van der Waals surface area contributed by atoms with Crippen LogP contribution in [0.4, 0.5) is 0 Å². The first-order valence-corrected chi connectivity index (χ1v) is 6.99. The topological polar surface area (TPSA) is 60.2 Å². The van der Waals surface area contributed by atoms with Crippen molar-refractivity contribution >= 4 is 9.84 Å². The van der Waals surface area contributed by atoms with Gasteiger partial charge in [0.2, 0.25) is 0 Å². The van der Waals surface area contributed by atoms with Crippen molar-refractivity contribution in [3.8, 4) is 0 Å². The molecule has 86 valence electrons. The van der Waals surface area contributed by atoms with E-state index in [4.69, 9.17) is 5.73 Å². The minimum absolute atomic E-state index is 0.240. The van der Waals surface area contributed by atoms with E-state index in [1.807, 2.05) is 6.92 Å². The Kier molecular flexibility index (Phi) is 4.59. The van der Waals surface area contributed by atoms with Gasteiger partial charge in [0.15, 0.2) is 9.84 Å². The zero-order valence-electron chi connectivity index (χ0n) is 9.87. The van der Waals surface area contributed by atoms with Crippen LogP contribution in [0.3, 0.4) is 0 Å². The van der Waals surface area contributed by atoms with Gasteiger partial charge in [0.25, 0.3) is 0 Å². The molecule has 0 fully saturated rings. The van der Waals surface area contributed by atoms with Crippen LogP contribution in [0.5, 0.6) is 0 Å². The molecule has 2 unspecified atom stereocenters. The summed E-state index contributed by atoms with van der Waals surface area (Å²) in [5.74, 6) is 0.240. The van der Waals surface area contributed by atoms with Crippen LogP contribution in [-0.4, -0.2) is 25.5 Å². The molecule has 0 heterocycles. The Labute approximate surface area is 88.0 Å². The van der Waals surface area contributed by atoms with E-state index < -0.39 is 14.6 Å². The fourth-order valence-electron chi connectivity index (χ4n) is 1.57. The Morgan fingerprint density at radius 3 is 2.07 bits per heavy atom. The fraction of sp³-hybridized carbons (Fsp3) is 1.00. The Balaban J connectivity index is 4.75. The van der Waals surface area contributed by atoms with Gasteiger partial charge in [-0.25, -0.2) is 8.42 Å². The largest absolute Gasteiger partial charge is 0.326 e. The van der Waals surface area contributed by atoms with Crippen LogP contribution in [0.1, 0.15) is 40.5 Å². The summed E-state index contributed by atoms with van der Waals surface area (Å²) in [6, 6.07) is -0.294. The van der Waals surface area contributed by atoms with Crippen LogP contribution in [-0.2, 0) is 9.84 Å². The monoisotopic (exact) mass is 221 g/mol. The number of nitrogens with two attached hydrogens (primary N) is 1. The van der Waals surface area contributed by atoms with E-state index in [9.17, 15) is 8.42 Å². The Bertz CT molecular complexity index is 270. The predicted molar refractivity (Wildman–Crippen MR) is 61.0 cm³/mol. The quantitative estimate of drug-likeness (QED) is 0.766. The Morgan fingerprint density at radius 1 is 1.36 bits per heavy atom. The van der Waals surface area contributed by atoms with Gasteiger partial charge in [-0.15, -0.1) is 0 Å². The van der Waals surface area contributed by atoms with Crippen molar-refractivity contribution in [1.82, 2.24) is 0 Å². The molecule has 0 aromatic rings. The van der Waals surface area contributed by atoms with Gasteiger partial charge in [0.1, 0.15) is 0 Å². The van der Waals surface area contributed by atoms with Crippen molar-refractivity contribution in [3.63, 3.8) is 0 Å². The zero-order valence-corrected chi connectivity index (χ0v) is 10.7. The first-order valence-electron chi connectivity index (χ1n) is 5.09. The third-order valence-electron chi connectivity index (χ3n) is 3.12. The van der Waals surface area contributed by atoms with Crippen LogP contribution in [0.15, 0.2) is 0 Å². The Morgan fingerprint density at radius 2 is 1.79 bits per heavy atom. The molecular weight excluding hydrogens is 198 g/mol. The smallest absolute Gasteiger partial charge is 0.154 e. The lowest BCUT2D eigenvalue weighted by molar-refractivity contribution is 0.354. The summed E-state index contributed by atoms with van der Waals surface area (Å²) in [5.41, 5.74) is 5.99. The molecule has 0 radical (unpaired) electrons. The standard InChI is InChI=1S/C10H23NO2S/c1-6-7-8(2)9(11)10(3,4)14(5,12)13/h8-9H,6-7,11H2,1-5H3. The molecule has 4 heteroatoms. The van der Waals surface area contributed by atoms with Crippen LogP contribution in [0.2, 0.25) is 0 Å². The molecule has 0 aromatic carbocycles. The van der Waals surface area contributed by atoms with E-state index in [1.165, 1.54) is 6.26 Å². The lowest BCUT2D eigenvalue weighted by Crippen LogP contribution is -2.52. The molecule has 0 amide bonds. The van der Waals surface area contributed by atoms with Gasteiger partial charge in [-0.1, -0.05) is 20.3 Å². The van der Waals surface area contributed by atoms with Gasteiger partial charge in [0, 0.05) is 12.3 Å². The average molecular weight is 221 g/mol. The lowest BCUT2D eigenvalue weighted by Gasteiger charge is -2.33. The van der Waals surface area contributed by atoms with Gasteiger partial charge in [-0.05, 0) is 26.2 Å². The highest BCUT2D eigenvalue weighted by atomic mass is 32.2. The number of hydrogen-bond acceptors (Lipinski definition) is 3. The number of rotatable bonds is 5. The molecule has 0 aliphatic rings. The molecular formula is C10H23NO2S. The average Bonchev–Trinajstić information content (AvgIpc) is 2.01. The summed E-state index contributed by atoms with van der Waals surface area (Å²) in [6.45, 7) is 7.51. The normalized spacial score (nSPS) is 17.9. The maximum absolute atomic E-state index is 11.5. The van der Waals surface area contributed by atoms with Crippen LogP contribution >= 0.6 is 0 Å². The van der Waals surface area contributed by atoms with E-state index in [-0.39, 0.29) is 12.0 Å². The highest BCUT2D eigenvalue weighted by Gasteiger charge is 2.39. The van der Waals surface area contributed by atoms with E-state index in [0.29, 0.717) is 0 Å². The van der Waals surface area contributed by atoms with Gasteiger partial charge in [0.05, 0.1) is 4.75 Å². The summed E-state index contributed by atoms with van der Waals surface area (Å²) in [7, 11) is -3.09. The van der Waals surface area contributed by atoms with Gasteiger partial charge < -0.3 is 5.73 Å². The minimum atomic E-state index is -3.09. The second-order valence-corrected chi connectivity index (χ2v) is 7.26. The number of sulfone groups is 1. The van der Waals surface area contributed by atoms with Crippen molar-refractivity contribution < 1.29 is 8.42 Å². The van der Waals surface area contributed by atoms with E-state index in [2.05, 4.69) is 6.92 Å². The van der Waals surface area contributed by atoms with Crippen molar-refractivity contribution in [1.29, 1.82) is 0 Å². The van der Waals surface area contributed by atoms with Gasteiger partial charge >= 0.3 is 0 Å². The molecule has 0 rings (SSSR count). The predicted octanol–water partition coefficient (Wildman–Crippen LogP) is 1.57. The molecule has 0 saturated heterocycles. The maximum Gasteiger partial charge on any atom is 0.154 e. The molecule has 2 atom stereocenters. The van der Waals surface area contributed by atoms with Crippen molar-refractivity contribution in [2.45, 2.75) is 51.3 Å². The molecule has 0 aliphatic carbocycles. The SMILES string of the molecule is CCCC(C)C(N)C(C)(C)S(C)(=O)=O. The lowest BCUT2D eigenvalue weighted by atomic mass is 9.89. The molecule has 0 aromatic heterocycles. The molecule has 0 aliphatic heterocycles. The van der Waals surface area contributed by atoms with Crippen molar-refractivity contribution in [3.05, 3.63) is 0 Å². The third kappa shape index (κ3) is 2.95. The summed E-state index contributed by atoms with van der Waals surface area (Å²) in [5, 5.41) is 0. The molecule has 0 bridgehead atoms. The second kappa shape index (κ2) is 4.62. The second-order valence-electron chi connectivity index (χ2n) is 4.67. The molecule has 2 N–H and O–H groups in total. The number of hydrogen-bond donors (Lipinski definition) is 1. The first-order chi connectivity index (χ1) is 6.14. The Hall–Kier alpha value is -0.0900. The first kappa shape index (κ1) is 13.9. The van der Waals surface area contributed by atoms with Crippen LogP contribution < -0.4 is 5.73 Å². The van der Waals surface area contributed by atoms with Crippen molar-refractivity contribution in [2.75, 3.05) is 6.26 Å². The molecule has 14 heavy (non-hydrogen) atoms.